The van der Waals surface area contributed by atoms with Gasteiger partial charge in [0.15, 0.2) is 11.5 Å². The molecule has 1 N–H and O–H groups in total. The molecule has 0 bridgehead atoms. The lowest BCUT2D eigenvalue weighted by molar-refractivity contribution is 0.0751. The van der Waals surface area contributed by atoms with Gasteiger partial charge in [-0.25, -0.2) is 0 Å². The number of methoxy groups -OCH3 is 3. The Morgan fingerprint density at radius 3 is 2.13 bits per heavy atom. The largest absolute Gasteiger partial charge is 0.496 e. The first-order chi connectivity index (χ1) is 18.5. The van der Waals surface area contributed by atoms with Crippen LogP contribution in [0.25, 0.3) is 22.2 Å². The number of H-pyrrole nitrogens is 1. The van der Waals surface area contributed by atoms with Crippen molar-refractivity contribution in [3.05, 3.63) is 41.5 Å². The van der Waals surface area contributed by atoms with Gasteiger partial charge in [0.25, 0.3) is 0 Å². The zero-order valence-electron chi connectivity index (χ0n) is 24.1. The lowest BCUT2D eigenvalue weighted by atomic mass is 9.86. The molecule has 0 aliphatic carbocycles. The second-order valence-corrected chi connectivity index (χ2v) is 11.2. The average molecular weight is 520 g/mol. The molecule has 6 heteroatoms. The third-order valence-electron chi connectivity index (χ3n) is 9.00. The van der Waals surface area contributed by atoms with E-state index < -0.39 is 0 Å². The number of aryl methyl sites for hydroxylation is 1. The van der Waals surface area contributed by atoms with Crippen molar-refractivity contribution < 1.29 is 14.2 Å². The number of aromatic amines is 1. The van der Waals surface area contributed by atoms with E-state index in [0.717, 1.165) is 46.5 Å². The van der Waals surface area contributed by atoms with Crippen LogP contribution in [0.3, 0.4) is 0 Å². The second-order valence-electron chi connectivity index (χ2n) is 11.2. The van der Waals surface area contributed by atoms with Crippen molar-refractivity contribution >= 4 is 10.9 Å². The summed E-state index contributed by atoms with van der Waals surface area (Å²) in [5.74, 6) is 3.02. The smallest absolute Gasteiger partial charge is 0.161 e. The Kier molecular flexibility index (Phi) is 8.20. The summed E-state index contributed by atoms with van der Waals surface area (Å²) in [6, 6.07) is 12.2. The maximum atomic E-state index is 5.96. The highest BCUT2D eigenvalue weighted by Crippen LogP contribution is 2.42. The third kappa shape index (κ3) is 5.13. The van der Waals surface area contributed by atoms with E-state index in [1.54, 1.807) is 21.3 Å². The summed E-state index contributed by atoms with van der Waals surface area (Å²) >= 11 is 0. The predicted molar refractivity (Wildman–Crippen MR) is 156 cm³/mol. The first-order valence-electron chi connectivity index (χ1n) is 14.4. The van der Waals surface area contributed by atoms with Crippen LogP contribution in [0.5, 0.6) is 17.2 Å². The van der Waals surface area contributed by atoms with Crippen LogP contribution in [0.2, 0.25) is 0 Å². The second kappa shape index (κ2) is 11.6. The van der Waals surface area contributed by atoms with Gasteiger partial charge >= 0.3 is 0 Å². The molecule has 0 radical (unpaired) electrons. The first-order valence-corrected chi connectivity index (χ1v) is 14.4. The molecular weight excluding hydrogens is 474 g/mol. The fraction of sp³-hybridized carbons (Fsp3) is 0.562. The van der Waals surface area contributed by atoms with Crippen molar-refractivity contribution in [2.24, 2.45) is 0 Å². The molecule has 1 aromatic heterocycles. The molecule has 3 aromatic rings. The van der Waals surface area contributed by atoms with Crippen LogP contribution in [0, 0.1) is 0 Å². The van der Waals surface area contributed by atoms with Crippen molar-refractivity contribution in [1.82, 2.24) is 14.8 Å². The quantitative estimate of drug-likeness (QED) is 0.369. The van der Waals surface area contributed by atoms with Gasteiger partial charge in [-0.3, -0.25) is 0 Å². The molecule has 0 unspecified atom stereocenters. The van der Waals surface area contributed by atoms with E-state index in [-0.39, 0.29) is 0 Å². The minimum atomic E-state index is 0.533. The third-order valence-corrected chi connectivity index (χ3v) is 9.00. The number of aromatic nitrogens is 1. The van der Waals surface area contributed by atoms with Crippen molar-refractivity contribution in [3.8, 4) is 28.5 Å². The number of ether oxygens (including phenoxy) is 3. The summed E-state index contributed by atoms with van der Waals surface area (Å²) in [6.07, 6.45) is 5.95. The molecule has 206 valence electrons. The number of nitrogens with one attached hydrogen (secondary N) is 1. The molecule has 2 aliphatic rings. The van der Waals surface area contributed by atoms with Crippen LogP contribution in [0.4, 0.5) is 0 Å². The fourth-order valence-electron chi connectivity index (χ4n) is 6.74. The zero-order chi connectivity index (χ0) is 26.8. The molecule has 6 nitrogen and oxygen atoms in total. The monoisotopic (exact) mass is 519 g/mol. The van der Waals surface area contributed by atoms with E-state index in [1.807, 2.05) is 6.07 Å². The Hall–Kier alpha value is -2.70. The van der Waals surface area contributed by atoms with Crippen LogP contribution in [0.15, 0.2) is 30.3 Å². The molecule has 2 aromatic carbocycles. The number of piperidine rings is 2. The van der Waals surface area contributed by atoms with Gasteiger partial charge < -0.3 is 29.0 Å². The van der Waals surface area contributed by atoms with E-state index in [9.17, 15) is 0 Å². The average Bonchev–Trinajstić information content (AvgIpc) is 3.33. The Bertz CT molecular complexity index is 1230. The lowest BCUT2D eigenvalue weighted by Crippen LogP contribution is -2.48. The van der Waals surface area contributed by atoms with E-state index in [2.05, 4.69) is 59.8 Å². The van der Waals surface area contributed by atoms with Crippen LogP contribution in [0.1, 0.15) is 63.5 Å². The number of hydrogen-bond acceptors (Lipinski definition) is 5. The molecule has 2 fully saturated rings. The summed E-state index contributed by atoms with van der Waals surface area (Å²) in [5.41, 5.74) is 6.08. The minimum Gasteiger partial charge on any atom is -0.496 e. The number of rotatable bonds is 8. The molecule has 0 atom stereocenters. The van der Waals surface area contributed by atoms with Gasteiger partial charge in [-0.1, -0.05) is 6.92 Å². The van der Waals surface area contributed by atoms with Crippen molar-refractivity contribution in [3.63, 3.8) is 0 Å². The maximum Gasteiger partial charge on any atom is 0.161 e. The predicted octanol–water partition coefficient (Wildman–Crippen LogP) is 6.48. The van der Waals surface area contributed by atoms with Crippen LogP contribution in [-0.2, 0) is 6.42 Å². The van der Waals surface area contributed by atoms with Gasteiger partial charge in [-0.05, 0) is 113 Å². The molecular formula is C32H45N3O3. The normalized spacial score (nSPS) is 18.4. The zero-order valence-corrected chi connectivity index (χ0v) is 24.1. The summed E-state index contributed by atoms with van der Waals surface area (Å²) in [5, 5.41) is 1.30. The highest BCUT2D eigenvalue weighted by atomic mass is 16.5. The van der Waals surface area contributed by atoms with E-state index in [4.69, 9.17) is 14.2 Å². The molecule has 0 saturated carbocycles. The topological polar surface area (TPSA) is 50.0 Å². The van der Waals surface area contributed by atoms with Crippen LogP contribution in [-0.4, -0.2) is 74.4 Å². The molecule has 2 saturated heterocycles. The minimum absolute atomic E-state index is 0.533. The van der Waals surface area contributed by atoms with Gasteiger partial charge in [0, 0.05) is 40.3 Å². The molecule has 38 heavy (non-hydrogen) atoms. The van der Waals surface area contributed by atoms with Gasteiger partial charge in [0.2, 0.25) is 0 Å². The van der Waals surface area contributed by atoms with Gasteiger partial charge in [-0.15, -0.1) is 0 Å². The SMILES string of the molecule is CCc1c(-c2ccc(OC)c(OC)c2)[nH]c2cc(OC)c(C3CCN(C4CCN(C(C)C)CC4)CC3)cc12. The van der Waals surface area contributed by atoms with E-state index >= 15 is 0 Å². The highest BCUT2D eigenvalue weighted by Gasteiger charge is 2.30. The molecule has 0 amide bonds. The molecule has 0 spiro atoms. The molecule has 5 rings (SSSR count). The molecule has 2 aliphatic heterocycles. The van der Waals surface area contributed by atoms with Gasteiger partial charge in [0.05, 0.1) is 21.3 Å². The standard InChI is InChI=1S/C32H45N3O3/c1-7-25-27-19-26(22-10-14-35(15-11-22)24-12-16-34(17-13-24)21(2)3)30(37-5)20-28(27)33-32(25)23-8-9-29(36-4)31(18-23)38-6/h8-9,18-22,24,33H,7,10-17H2,1-6H3. The number of benzene rings is 2. The summed E-state index contributed by atoms with van der Waals surface area (Å²) < 4.78 is 17.0. The maximum absolute atomic E-state index is 5.96. The van der Waals surface area contributed by atoms with E-state index in [1.165, 1.54) is 68.4 Å². The highest BCUT2D eigenvalue weighted by molar-refractivity contribution is 5.92. The van der Waals surface area contributed by atoms with Crippen molar-refractivity contribution in [1.29, 1.82) is 0 Å². The Morgan fingerprint density at radius 1 is 0.842 bits per heavy atom. The first kappa shape index (κ1) is 26.9. The Labute approximate surface area is 228 Å². The number of likely N-dealkylation sites (tertiary alicyclic amines) is 2. The lowest BCUT2D eigenvalue weighted by Gasteiger charge is -2.43. The van der Waals surface area contributed by atoms with Crippen molar-refractivity contribution in [2.45, 2.75) is 70.9 Å². The number of nitrogens with zero attached hydrogens (tertiary/aromatic N) is 2. The fourth-order valence-corrected chi connectivity index (χ4v) is 6.74. The number of fused-ring (bicyclic) bond motifs is 1. The van der Waals surface area contributed by atoms with Crippen molar-refractivity contribution in [2.75, 3.05) is 47.5 Å². The van der Waals surface area contributed by atoms with Gasteiger partial charge in [0.1, 0.15) is 5.75 Å². The summed E-state index contributed by atoms with van der Waals surface area (Å²) in [6.45, 7) is 11.7. The van der Waals surface area contributed by atoms with Gasteiger partial charge in [-0.2, -0.15) is 0 Å². The van der Waals surface area contributed by atoms with E-state index in [0.29, 0.717) is 12.0 Å². The summed E-state index contributed by atoms with van der Waals surface area (Å²) in [7, 11) is 5.16. The Morgan fingerprint density at radius 2 is 1.53 bits per heavy atom. The summed E-state index contributed by atoms with van der Waals surface area (Å²) in [4.78, 5) is 9.09. The Balaban J connectivity index is 1.39. The molecule has 3 heterocycles. The number of hydrogen-bond donors (Lipinski definition) is 1. The van der Waals surface area contributed by atoms with Crippen LogP contribution < -0.4 is 14.2 Å². The van der Waals surface area contributed by atoms with Crippen LogP contribution >= 0.6 is 0 Å².